The van der Waals surface area contributed by atoms with E-state index in [2.05, 4.69) is 43.4 Å². The van der Waals surface area contributed by atoms with Crippen molar-refractivity contribution in [2.45, 2.75) is 26.3 Å². The van der Waals surface area contributed by atoms with Crippen LogP contribution in [-0.4, -0.2) is 7.05 Å². The maximum Gasteiger partial charge on any atom is 0.126 e. The minimum atomic E-state index is 0.180. The molecule has 0 aromatic carbocycles. The SMILES string of the molecule is CCc1ccc(C(NC)c2ccc(C)s2)o1. The standard InChI is InChI=1S/C13H17NOS/c1-4-10-6-7-11(15-10)13(14-3)12-8-5-9(2)16-12/h5-8,13-14H,4H2,1-3H3. The molecule has 0 bridgehead atoms. The molecular formula is C13H17NOS. The van der Waals surface area contributed by atoms with Crippen LogP contribution in [0, 0.1) is 6.92 Å². The Morgan fingerprint density at radius 3 is 2.62 bits per heavy atom. The summed E-state index contributed by atoms with van der Waals surface area (Å²) in [5.74, 6) is 2.05. The molecule has 86 valence electrons. The lowest BCUT2D eigenvalue weighted by molar-refractivity contribution is 0.436. The molecule has 0 aliphatic rings. The molecule has 0 aliphatic carbocycles. The number of furan rings is 1. The van der Waals surface area contributed by atoms with Crippen LogP contribution in [-0.2, 0) is 6.42 Å². The van der Waals surface area contributed by atoms with Gasteiger partial charge < -0.3 is 9.73 Å². The molecule has 1 N–H and O–H groups in total. The van der Waals surface area contributed by atoms with E-state index in [1.54, 1.807) is 0 Å². The first-order valence-corrected chi connectivity index (χ1v) is 6.38. The summed E-state index contributed by atoms with van der Waals surface area (Å²) < 4.78 is 5.79. The van der Waals surface area contributed by atoms with Crippen molar-refractivity contribution in [2.24, 2.45) is 0 Å². The number of nitrogens with one attached hydrogen (secondary N) is 1. The number of aryl methyl sites for hydroxylation is 2. The van der Waals surface area contributed by atoms with Gasteiger partial charge in [0.15, 0.2) is 0 Å². The minimum absolute atomic E-state index is 0.180. The van der Waals surface area contributed by atoms with E-state index < -0.39 is 0 Å². The van der Waals surface area contributed by atoms with Crippen molar-refractivity contribution >= 4 is 11.3 Å². The van der Waals surface area contributed by atoms with Crippen molar-refractivity contribution in [1.29, 1.82) is 0 Å². The number of thiophene rings is 1. The molecule has 3 heteroatoms. The topological polar surface area (TPSA) is 25.2 Å². The Morgan fingerprint density at radius 1 is 1.31 bits per heavy atom. The van der Waals surface area contributed by atoms with E-state index in [9.17, 15) is 0 Å². The van der Waals surface area contributed by atoms with Gasteiger partial charge >= 0.3 is 0 Å². The largest absolute Gasteiger partial charge is 0.464 e. The molecule has 1 atom stereocenters. The van der Waals surface area contributed by atoms with Crippen molar-refractivity contribution in [3.05, 3.63) is 45.5 Å². The lowest BCUT2D eigenvalue weighted by Gasteiger charge is -2.11. The number of rotatable bonds is 4. The van der Waals surface area contributed by atoms with Gasteiger partial charge in [-0.1, -0.05) is 6.92 Å². The zero-order chi connectivity index (χ0) is 11.5. The van der Waals surface area contributed by atoms with Crippen molar-refractivity contribution in [3.63, 3.8) is 0 Å². The number of hydrogen-bond acceptors (Lipinski definition) is 3. The van der Waals surface area contributed by atoms with Crippen LogP contribution in [0.15, 0.2) is 28.7 Å². The maximum absolute atomic E-state index is 5.79. The predicted octanol–water partition coefficient (Wildman–Crippen LogP) is 3.52. The summed E-state index contributed by atoms with van der Waals surface area (Å²) in [6, 6.07) is 8.61. The summed E-state index contributed by atoms with van der Waals surface area (Å²) in [6.45, 7) is 4.23. The maximum atomic E-state index is 5.79. The summed E-state index contributed by atoms with van der Waals surface area (Å²) >= 11 is 1.81. The Hall–Kier alpha value is -1.06. The zero-order valence-corrected chi connectivity index (χ0v) is 10.7. The Kier molecular flexibility index (Phi) is 3.46. The summed E-state index contributed by atoms with van der Waals surface area (Å²) in [5.41, 5.74) is 0. The molecule has 2 rings (SSSR count). The van der Waals surface area contributed by atoms with E-state index in [1.807, 2.05) is 18.4 Å². The Labute approximate surface area is 100 Å². The van der Waals surface area contributed by atoms with Gasteiger partial charge in [0.1, 0.15) is 17.6 Å². The second-order valence-corrected chi connectivity index (χ2v) is 5.15. The fourth-order valence-electron chi connectivity index (χ4n) is 1.77. The van der Waals surface area contributed by atoms with Gasteiger partial charge in [0.2, 0.25) is 0 Å². The van der Waals surface area contributed by atoms with Gasteiger partial charge in [-0.3, -0.25) is 0 Å². The third-order valence-electron chi connectivity index (χ3n) is 2.65. The highest BCUT2D eigenvalue weighted by molar-refractivity contribution is 7.12. The highest BCUT2D eigenvalue weighted by atomic mass is 32.1. The molecule has 0 radical (unpaired) electrons. The second kappa shape index (κ2) is 4.85. The lowest BCUT2D eigenvalue weighted by atomic mass is 10.2. The van der Waals surface area contributed by atoms with Crippen LogP contribution in [0.1, 0.15) is 34.2 Å². The fraction of sp³-hybridized carbons (Fsp3) is 0.385. The molecule has 2 aromatic rings. The van der Waals surface area contributed by atoms with E-state index in [1.165, 1.54) is 9.75 Å². The second-order valence-electron chi connectivity index (χ2n) is 3.83. The smallest absolute Gasteiger partial charge is 0.126 e. The number of hydrogen-bond donors (Lipinski definition) is 1. The molecule has 0 amide bonds. The van der Waals surface area contributed by atoms with Crippen LogP contribution >= 0.6 is 11.3 Å². The van der Waals surface area contributed by atoms with Gasteiger partial charge in [-0.2, -0.15) is 0 Å². The van der Waals surface area contributed by atoms with E-state index in [4.69, 9.17) is 4.42 Å². The van der Waals surface area contributed by atoms with Crippen LogP contribution in [0.5, 0.6) is 0 Å². The quantitative estimate of drug-likeness (QED) is 0.877. The summed E-state index contributed by atoms with van der Waals surface area (Å²) in [4.78, 5) is 2.63. The average Bonchev–Trinajstić information content (AvgIpc) is 2.89. The summed E-state index contributed by atoms with van der Waals surface area (Å²) in [7, 11) is 1.97. The lowest BCUT2D eigenvalue weighted by Crippen LogP contribution is -2.15. The molecule has 0 saturated heterocycles. The van der Waals surface area contributed by atoms with E-state index in [-0.39, 0.29) is 6.04 Å². The highest BCUT2D eigenvalue weighted by Crippen LogP contribution is 2.29. The molecule has 2 nitrogen and oxygen atoms in total. The summed E-state index contributed by atoms with van der Waals surface area (Å²) in [6.07, 6.45) is 0.944. The van der Waals surface area contributed by atoms with Crippen molar-refractivity contribution < 1.29 is 4.42 Å². The molecule has 1 unspecified atom stereocenters. The van der Waals surface area contributed by atoms with Crippen LogP contribution in [0.3, 0.4) is 0 Å². The normalized spacial score (nSPS) is 12.9. The molecule has 0 spiro atoms. The minimum Gasteiger partial charge on any atom is -0.464 e. The van der Waals surface area contributed by atoms with Gasteiger partial charge in [0, 0.05) is 16.2 Å². The first-order valence-electron chi connectivity index (χ1n) is 5.56. The monoisotopic (exact) mass is 235 g/mol. The molecule has 2 heterocycles. The predicted molar refractivity (Wildman–Crippen MR) is 68.0 cm³/mol. The van der Waals surface area contributed by atoms with Crippen LogP contribution in [0.2, 0.25) is 0 Å². The van der Waals surface area contributed by atoms with Gasteiger partial charge in [-0.15, -0.1) is 11.3 Å². The molecule has 0 aliphatic heterocycles. The van der Waals surface area contributed by atoms with Crippen LogP contribution < -0.4 is 5.32 Å². The Balaban J connectivity index is 2.28. The fourth-order valence-corrected chi connectivity index (χ4v) is 2.77. The highest BCUT2D eigenvalue weighted by Gasteiger charge is 2.17. The van der Waals surface area contributed by atoms with Gasteiger partial charge in [-0.05, 0) is 38.2 Å². The molecular weight excluding hydrogens is 218 g/mol. The van der Waals surface area contributed by atoms with Crippen molar-refractivity contribution in [1.82, 2.24) is 5.32 Å². The Morgan fingerprint density at radius 2 is 2.12 bits per heavy atom. The average molecular weight is 235 g/mol. The van der Waals surface area contributed by atoms with E-state index >= 15 is 0 Å². The van der Waals surface area contributed by atoms with Crippen molar-refractivity contribution in [3.8, 4) is 0 Å². The molecule has 2 aromatic heterocycles. The van der Waals surface area contributed by atoms with Gasteiger partial charge in [0.25, 0.3) is 0 Å². The van der Waals surface area contributed by atoms with Crippen molar-refractivity contribution in [2.75, 3.05) is 7.05 Å². The molecule has 0 fully saturated rings. The Bertz CT molecular complexity index is 458. The van der Waals surface area contributed by atoms with Crippen LogP contribution in [0.25, 0.3) is 0 Å². The zero-order valence-electron chi connectivity index (χ0n) is 9.91. The van der Waals surface area contributed by atoms with E-state index in [0.29, 0.717) is 0 Å². The third-order valence-corrected chi connectivity index (χ3v) is 3.72. The molecule has 0 saturated carbocycles. The first-order chi connectivity index (χ1) is 7.74. The summed E-state index contributed by atoms with van der Waals surface area (Å²) in [5, 5.41) is 3.30. The van der Waals surface area contributed by atoms with E-state index in [0.717, 1.165) is 17.9 Å². The van der Waals surface area contributed by atoms with Crippen LogP contribution in [0.4, 0.5) is 0 Å². The van der Waals surface area contributed by atoms with Gasteiger partial charge in [0.05, 0.1) is 0 Å². The first kappa shape index (κ1) is 11.4. The van der Waals surface area contributed by atoms with Gasteiger partial charge in [-0.25, -0.2) is 0 Å². The molecule has 16 heavy (non-hydrogen) atoms. The third kappa shape index (κ3) is 2.20.